The van der Waals surface area contributed by atoms with Gasteiger partial charge in [-0.25, -0.2) is 8.42 Å². The summed E-state index contributed by atoms with van der Waals surface area (Å²) in [7, 11) is -3.39. The summed E-state index contributed by atoms with van der Waals surface area (Å²) >= 11 is 0. The second-order valence-corrected chi connectivity index (χ2v) is 9.87. The zero-order valence-corrected chi connectivity index (χ0v) is 17.9. The highest BCUT2D eigenvalue weighted by molar-refractivity contribution is 7.88. The molecule has 7 nitrogen and oxygen atoms in total. The van der Waals surface area contributed by atoms with Gasteiger partial charge >= 0.3 is 0 Å². The highest BCUT2D eigenvalue weighted by Gasteiger charge is 2.37. The van der Waals surface area contributed by atoms with Crippen LogP contribution in [0.4, 0.5) is 0 Å². The first kappa shape index (κ1) is 21.8. The summed E-state index contributed by atoms with van der Waals surface area (Å²) in [6, 6.07) is 9.54. The molecule has 160 valence electrons. The van der Waals surface area contributed by atoms with E-state index in [0.717, 1.165) is 25.7 Å². The SMILES string of the molecule is CS(=O)(=O)N1CCCCC1C(=O)N1CCN(C(=O)CCCc2ccccc2)CC1. The summed E-state index contributed by atoms with van der Waals surface area (Å²) in [6.45, 7) is 2.38. The predicted octanol–water partition coefficient (Wildman–Crippen LogP) is 1.49. The number of aryl methyl sites for hydroxylation is 1. The second-order valence-electron chi connectivity index (χ2n) is 7.93. The Bertz CT molecular complexity index is 804. The van der Waals surface area contributed by atoms with Crippen molar-refractivity contribution in [1.82, 2.24) is 14.1 Å². The third kappa shape index (κ3) is 5.79. The highest BCUT2D eigenvalue weighted by atomic mass is 32.2. The summed E-state index contributed by atoms with van der Waals surface area (Å²) in [5, 5.41) is 0. The molecule has 0 saturated carbocycles. The zero-order valence-electron chi connectivity index (χ0n) is 17.1. The molecule has 2 amide bonds. The molecule has 2 aliphatic heterocycles. The number of hydrogen-bond donors (Lipinski definition) is 0. The van der Waals surface area contributed by atoms with E-state index >= 15 is 0 Å². The number of piperidine rings is 1. The van der Waals surface area contributed by atoms with E-state index in [9.17, 15) is 18.0 Å². The lowest BCUT2D eigenvalue weighted by atomic mass is 10.0. The molecule has 0 radical (unpaired) electrons. The van der Waals surface area contributed by atoms with Crippen LogP contribution in [-0.2, 0) is 26.0 Å². The Kier molecular flexibility index (Phi) is 7.29. The fraction of sp³-hybridized carbons (Fsp3) is 0.619. The van der Waals surface area contributed by atoms with E-state index in [1.54, 1.807) is 4.90 Å². The average Bonchev–Trinajstić information content (AvgIpc) is 2.73. The van der Waals surface area contributed by atoms with Crippen molar-refractivity contribution in [3.63, 3.8) is 0 Å². The van der Waals surface area contributed by atoms with Crippen molar-refractivity contribution in [3.05, 3.63) is 35.9 Å². The number of sulfonamides is 1. The van der Waals surface area contributed by atoms with E-state index in [1.165, 1.54) is 16.1 Å². The molecule has 3 rings (SSSR count). The van der Waals surface area contributed by atoms with Crippen LogP contribution in [0.2, 0.25) is 0 Å². The molecule has 0 aliphatic carbocycles. The summed E-state index contributed by atoms with van der Waals surface area (Å²) in [6.07, 6.45) is 5.61. The van der Waals surface area contributed by atoms with Gasteiger partial charge in [0.2, 0.25) is 21.8 Å². The monoisotopic (exact) mass is 421 g/mol. The molecule has 0 aromatic heterocycles. The molecule has 2 aliphatic rings. The number of rotatable bonds is 6. The Morgan fingerprint density at radius 1 is 0.966 bits per heavy atom. The third-order valence-corrected chi connectivity index (χ3v) is 7.10. The first-order valence-electron chi connectivity index (χ1n) is 10.4. The molecule has 1 atom stereocenters. The maximum atomic E-state index is 12.9. The number of carbonyl (C=O) groups excluding carboxylic acids is 2. The molecule has 0 spiro atoms. The van der Waals surface area contributed by atoms with E-state index in [0.29, 0.717) is 45.6 Å². The van der Waals surface area contributed by atoms with Crippen molar-refractivity contribution in [3.8, 4) is 0 Å². The lowest BCUT2D eigenvalue weighted by Gasteiger charge is -2.40. The van der Waals surface area contributed by atoms with Crippen molar-refractivity contribution in [1.29, 1.82) is 0 Å². The fourth-order valence-corrected chi connectivity index (χ4v) is 5.30. The molecule has 1 aromatic rings. The van der Waals surface area contributed by atoms with Gasteiger partial charge in [-0.1, -0.05) is 36.8 Å². The van der Waals surface area contributed by atoms with Crippen LogP contribution in [0, 0.1) is 0 Å². The van der Waals surface area contributed by atoms with Crippen molar-refractivity contribution >= 4 is 21.8 Å². The number of piperazine rings is 1. The third-order valence-electron chi connectivity index (χ3n) is 5.81. The largest absolute Gasteiger partial charge is 0.339 e. The molecular formula is C21H31N3O4S. The first-order valence-corrected chi connectivity index (χ1v) is 12.3. The molecular weight excluding hydrogens is 390 g/mol. The molecule has 0 bridgehead atoms. The number of benzene rings is 1. The molecule has 1 unspecified atom stereocenters. The van der Waals surface area contributed by atoms with Crippen LogP contribution in [0.25, 0.3) is 0 Å². The Balaban J connectivity index is 1.46. The summed E-state index contributed by atoms with van der Waals surface area (Å²) in [4.78, 5) is 29.0. The molecule has 0 N–H and O–H groups in total. The predicted molar refractivity (Wildman–Crippen MR) is 112 cm³/mol. The molecule has 2 saturated heterocycles. The molecule has 2 heterocycles. The van der Waals surface area contributed by atoms with Crippen molar-refractivity contribution in [2.75, 3.05) is 39.0 Å². The average molecular weight is 422 g/mol. The van der Waals surface area contributed by atoms with Crippen LogP contribution in [-0.4, -0.2) is 79.4 Å². The standard InChI is InChI=1S/C21H31N3O4S/c1-29(27,28)24-13-6-5-11-19(24)21(26)23-16-14-22(15-17-23)20(25)12-7-10-18-8-3-2-4-9-18/h2-4,8-9,19H,5-7,10-17H2,1H3. The minimum absolute atomic E-state index is 0.119. The first-order chi connectivity index (χ1) is 13.9. The lowest BCUT2D eigenvalue weighted by Crippen LogP contribution is -2.57. The van der Waals surface area contributed by atoms with Gasteiger partial charge in [0, 0.05) is 39.1 Å². The van der Waals surface area contributed by atoms with Crippen LogP contribution in [0.1, 0.15) is 37.7 Å². The van der Waals surface area contributed by atoms with Gasteiger partial charge in [0.05, 0.1) is 6.26 Å². The van der Waals surface area contributed by atoms with Crippen LogP contribution >= 0.6 is 0 Å². The van der Waals surface area contributed by atoms with Crippen molar-refractivity contribution in [2.45, 2.75) is 44.6 Å². The van der Waals surface area contributed by atoms with Gasteiger partial charge in [-0.15, -0.1) is 0 Å². The van der Waals surface area contributed by atoms with Crippen molar-refractivity contribution < 1.29 is 18.0 Å². The van der Waals surface area contributed by atoms with Gasteiger partial charge in [0.15, 0.2) is 0 Å². The zero-order chi connectivity index (χ0) is 20.9. The minimum atomic E-state index is -3.39. The van der Waals surface area contributed by atoms with E-state index < -0.39 is 16.1 Å². The van der Waals surface area contributed by atoms with Gasteiger partial charge in [-0.3, -0.25) is 9.59 Å². The summed E-state index contributed by atoms with van der Waals surface area (Å²) in [5.74, 6) is 0.00904. The van der Waals surface area contributed by atoms with Crippen molar-refractivity contribution in [2.24, 2.45) is 0 Å². The summed E-state index contributed by atoms with van der Waals surface area (Å²) < 4.78 is 25.4. The smallest absolute Gasteiger partial charge is 0.241 e. The number of carbonyl (C=O) groups is 2. The topological polar surface area (TPSA) is 78.0 Å². The Morgan fingerprint density at radius 2 is 1.62 bits per heavy atom. The normalized spacial score (nSPS) is 21.2. The van der Waals surface area contributed by atoms with Crippen LogP contribution < -0.4 is 0 Å². The summed E-state index contributed by atoms with van der Waals surface area (Å²) in [5.41, 5.74) is 1.23. The van der Waals surface area contributed by atoms with Crippen LogP contribution in [0.15, 0.2) is 30.3 Å². The Morgan fingerprint density at radius 3 is 2.28 bits per heavy atom. The van der Waals surface area contributed by atoms with E-state index in [4.69, 9.17) is 0 Å². The molecule has 1 aromatic carbocycles. The number of amides is 2. The molecule has 8 heteroatoms. The molecule has 29 heavy (non-hydrogen) atoms. The second kappa shape index (κ2) is 9.71. The maximum Gasteiger partial charge on any atom is 0.241 e. The van der Waals surface area contributed by atoms with Gasteiger partial charge < -0.3 is 9.80 Å². The van der Waals surface area contributed by atoms with E-state index in [-0.39, 0.29) is 11.8 Å². The Hall–Kier alpha value is -1.93. The maximum absolute atomic E-state index is 12.9. The number of nitrogens with zero attached hydrogens (tertiary/aromatic N) is 3. The van der Waals surface area contributed by atoms with Gasteiger partial charge in [0.25, 0.3) is 0 Å². The fourth-order valence-electron chi connectivity index (χ4n) is 4.18. The van der Waals surface area contributed by atoms with E-state index in [2.05, 4.69) is 12.1 Å². The van der Waals surface area contributed by atoms with E-state index in [1.807, 2.05) is 23.1 Å². The van der Waals surface area contributed by atoms with Crippen LogP contribution in [0.5, 0.6) is 0 Å². The number of hydrogen-bond acceptors (Lipinski definition) is 4. The highest BCUT2D eigenvalue weighted by Crippen LogP contribution is 2.22. The Labute approximate surface area is 173 Å². The van der Waals surface area contributed by atoms with Gasteiger partial charge in [-0.2, -0.15) is 4.31 Å². The van der Waals surface area contributed by atoms with Gasteiger partial charge in [0.1, 0.15) is 6.04 Å². The van der Waals surface area contributed by atoms with Crippen LogP contribution in [0.3, 0.4) is 0 Å². The minimum Gasteiger partial charge on any atom is -0.339 e. The lowest BCUT2D eigenvalue weighted by molar-refractivity contribution is -0.142. The molecule has 2 fully saturated rings. The quantitative estimate of drug-likeness (QED) is 0.697. The van der Waals surface area contributed by atoms with Gasteiger partial charge in [-0.05, 0) is 31.2 Å².